The number of nitrogens with two attached hydrogens (primary N) is 1. The van der Waals surface area contributed by atoms with Crippen molar-refractivity contribution in [1.29, 1.82) is 0 Å². The van der Waals surface area contributed by atoms with Crippen LogP contribution in [0.3, 0.4) is 0 Å². The van der Waals surface area contributed by atoms with Crippen molar-refractivity contribution in [1.82, 2.24) is 5.32 Å². The molecule has 4 heteroatoms. The van der Waals surface area contributed by atoms with E-state index in [9.17, 15) is 4.79 Å². The van der Waals surface area contributed by atoms with Crippen LogP contribution in [0.1, 0.15) is 11.1 Å². The third kappa shape index (κ3) is 2.23. The second-order valence-corrected chi connectivity index (χ2v) is 3.02. The molecule has 0 heterocycles. The Morgan fingerprint density at radius 1 is 1.50 bits per heavy atom. The maximum absolute atomic E-state index is 11.1. The van der Waals surface area contributed by atoms with Gasteiger partial charge in [0.05, 0.1) is 0 Å². The van der Waals surface area contributed by atoms with Crippen LogP contribution >= 0.6 is 0 Å². The van der Waals surface area contributed by atoms with Gasteiger partial charge in [0.1, 0.15) is 0 Å². The van der Waals surface area contributed by atoms with Gasteiger partial charge in [0.25, 0.3) is 0 Å². The molecule has 0 bridgehead atoms. The first-order valence-corrected chi connectivity index (χ1v) is 4.46. The van der Waals surface area contributed by atoms with Crippen molar-refractivity contribution in [2.24, 2.45) is 5.73 Å². The van der Waals surface area contributed by atoms with Crippen molar-refractivity contribution >= 4 is 11.7 Å². The van der Waals surface area contributed by atoms with Gasteiger partial charge in [-0.3, -0.25) is 0 Å². The van der Waals surface area contributed by atoms with Crippen molar-refractivity contribution < 1.29 is 4.79 Å². The summed E-state index contributed by atoms with van der Waals surface area (Å²) in [6.45, 7) is 2.35. The highest BCUT2D eigenvalue weighted by Crippen LogP contribution is 2.19. The Balaban J connectivity index is 2.98. The molecule has 0 aliphatic carbocycles. The first-order chi connectivity index (χ1) is 6.69. The van der Waals surface area contributed by atoms with Crippen molar-refractivity contribution in [3.05, 3.63) is 29.3 Å². The van der Waals surface area contributed by atoms with E-state index < -0.39 is 0 Å². The van der Waals surface area contributed by atoms with Crippen molar-refractivity contribution in [2.75, 3.05) is 12.4 Å². The zero-order chi connectivity index (χ0) is 10.6. The number of carbonyl (C=O) groups excluding carboxylic acids is 1. The Bertz CT molecular complexity index is 336. The van der Waals surface area contributed by atoms with Gasteiger partial charge in [0.2, 0.25) is 0 Å². The maximum atomic E-state index is 11.1. The zero-order valence-corrected chi connectivity index (χ0v) is 8.42. The van der Waals surface area contributed by atoms with Gasteiger partial charge in [-0.05, 0) is 18.1 Å². The number of benzene rings is 1. The molecule has 1 rings (SSSR count). The maximum Gasteiger partial charge on any atom is 0.318 e. The Labute approximate surface area is 83.5 Å². The van der Waals surface area contributed by atoms with Crippen LogP contribution in [0.15, 0.2) is 18.2 Å². The molecule has 1 aromatic rings. The summed E-state index contributed by atoms with van der Waals surface area (Å²) < 4.78 is 0. The zero-order valence-electron chi connectivity index (χ0n) is 8.42. The lowest BCUT2D eigenvalue weighted by atomic mass is 10.1. The molecule has 0 unspecified atom stereocenters. The number of aryl methyl sites for hydroxylation is 1. The fourth-order valence-electron chi connectivity index (χ4n) is 1.25. The molecule has 0 radical (unpaired) electrons. The third-order valence-electron chi connectivity index (χ3n) is 2.04. The minimum Gasteiger partial charge on any atom is -0.341 e. The van der Waals surface area contributed by atoms with Crippen LogP contribution in [0.4, 0.5) is 10.5 Å². The SMILES string of the molecule is CNC(=O)Nc1c(C)cccc1CN. The van der Waals surface area contributed by atoms with Crippen molar-refractivity contribution in [3.63, 3.8) is 0 Å². The van der Waals surface area contributed by atoms with Crippen LogP contribution in [0.25, 0.3) is 0 Å². The first kappa shape index (κ1) is 10.5. The summed E-state index contributed by atoms with van der Waals surface area (Å²) in [5.41, 5.74) is 8.31. The van der Waals surface area contributed by atoms with Gasteiger partial charge >= 0.3 is 6.03 Å². The van der Waals surface area contributed by atoms with E-state index in [1.807, 2.05) is 25.1 Å². The lowest BCUT2D eigenvalue weighted by Crippen LogP contribution is -2.25. The Kier molecular flexibility index (Phi) is 3.48. The number of urea groups is 1. The number of anilines is 1. The Morgan fingerprint density at radius 3 is 2.79 bits per heavy atom. The number of rotatable bonds is 2. The van der Waals surface area contributed by atoms with Crippen LogP contribution in [0.2, 0.25) is 0 Å². The summed E-state index contributed by atoms with van der Waals surface area (Å²) in [6, 6.07) is 5.53. The summed E-state index contributed by atoms with van der Waals surface area (Å²) in [5.74, 6) is 0. The van der Waals surface area contributed by atoms with Crippen molar-refractivity contribution in [2.45, 2.75) is 13.5 Å². The van der Waals surface area contributed by atoms with Gasteiger partial charge in [0.15, 0.2) is 0 Å². The highest BCUT2D eigenvalue weighted by atomic mass is 16.2. The van der Waals surface area contributed by atoms with Crippen LogP contribution in [0, 0.1) is 6.92 Å². The van der Waals surface area contributed by atoms with E-state index in [0.29, 0.717) is 6.54 Å². The second-order valence-electron chi connectivity index (χ2n) is 3.02. The summed E-state index contributed by atoms with van der Waals surface area (Å²) in [7, 11) is 1.58. The summed E-state index contributed by atoms with van der Waals surface area (Å²) in [6.07, 6.45) is 0. The number of carbonyl (C=O) groups is 1. The van der Waals surface area contributed by atoms with Crippen LogP contribution in [-0.4, -0.2) is 13.1 Å². The first-order valence-electron chi connectivity index (χ1n) is 4.46. The highest BCUT2D eigenvalue weighted by Gasteiger charge is 2.06. The van der Waals surface area contributed by atoms with E-state index in [1.54, 1.807) is 7.05 Å². The number of hydrogen-bond donors (Lipinski definition) is 3. The molecule has 0 saturated heterocycles. The number of amides is 2. The smallest absolute Gasteiger partial charge is 0.318 e. The number of hydrogen-bond acceptors (Lipinski definition) is 2. The van der Waals surface area contributed by atoms with Crippen LogP contribution < -0.4 is 16.4 Å². The van der Waals surface area contributed by atoms with E-state index >= 15 is 0 Å². The fourth-order valence-corrected chi connectivity index (χ4v) is 1.25. The lowest BCUT2D eigenvalue weighted by molar-refractivity contribution is 0.254. The standard InChI is InChI=1S/C10H15N3O/c1-7-4-3-5-8(6-11)9(7)13-10(14)12-2/h3-5H,6,11H2,1-2H3,(H2,12,13,14). The summed E-state index contributed by atoms with van der Waals surface area (Å²) >= 11 is 0. The fraction of sp³-hybridized carbons (Fsp3) is 0.300. The molecule has 2 amide bonds. The molecule has 0 fully saturated rings. The van der Waals surface area contributed by atoms with Gasteiger partial charge in [0, 0.05) is 19.3 Å². The Morgan fingerprint density at radius 2 is 2.21 bits per heavy atom. The van der Waals surface area contributed by atoms with Gasteiger partial charge in [-0.1, -0.05) is 18.2 Å². The average Bonchev–Trinajstić information content (AvgIpc) is 2.20. The minimum atomic E-state index is -0.228. The molecule has 0 atom stereocenters. The van der Waals surface area contributed by atoms with Gasteiger partial charge in [-0.25, -0.2) is 4.79 Å². The van der Waals surface area contributed by atoms with Gasteiger partial charge < -0.3 is 16.4 Å². The molecule has 1 aromatic carbocycles. The molecule has 0 aliphatic rings. The lowest BCUT2D eigenvalue weighted by Gasteiger charge is -2.12. The normalized spacial score (nSPS) is 9.64. The molecule has 4 N–H and O–H groups in total. The van der Waals surface area contributed by atoms with E-state index in [4.69, 9.17) is 5.73 Å². The molecule has 14 heavy (non-hydrogen) atoms. The molecule has 0 aromatic heterocycles. The van der Waals surface area contributed by atoms with Crippen LogP contribution in [-0.2, 0) is 6.54 Å². The van der Waals surface area contributed by atoms with Crippen molar-refractivity contribution in [3.8, 4) is 0 Å². The molecule has 4 nitrogen and oxygen atoms in total. The topological polar surface area (TPSA) is 67.2 Å². The summed E-state index contributed by atoms with van der Waals surface area (Å²) in [5, 5.41) is 5.25. The van der Waals surface area contributed by atoms with Crippen LogP contribution in [0.5, 0.6) is 0 Å². The van der Waals surface area contributed by atoms with E-state index in [1.165, 1.54) is 0 Å². The predicted octanol–water partition coefficient (Wildman–Crippen LogP) is 1.21. The number of para-hydroxylation sites is 1. The predicted molar refractivity (Wildman–Crippen MR) is 57.1 cm³/mol. The molecular formula is C10H15N3O. The highest BCUT2D eigenvalue weighted by molar-refractivity contribution is 5.90. The second kappa shape index (κ2) is 4.62. The Hall–Kier alpha value is -1.55. The van der Waals surface area contributed by atoms with E-state index in [2.05, 4.69) is 10.6 Å². The molecule has 0 spiro atoms. The third-order valence-corrected chi connectivity index (χ3v) is 2.04. The monoisotopic (exact) mass is 193 g/mol. The van der Waals surface area contributed by atoms with Gasteiger partial charge in [-0.15, -0.1) is 0 Å². The molecule has 76 valence electrons. The van der Waals surface area contributed by atoms with Gasteiger partial charge in [-0.2, -0.15) is 0 Å². The average molecular weight is 193 g/mol. The molecular weight excluding hydrogens is 178 g/mol. The quantitative estimate of drug-likeness (QED) is 0.660. The van der Waals surface area contributed by atoms with E-state index in [0.717, 1.165) is 16.8 Å². The minimum absolute atomic E-state index is 0.228. The van der Waals surface area contributed by atoms with E-state index in [-0.39, 0.29) is 6.03 Å². The number of nitrogens with one attached hydrogen (secondary N) is 2. The molecule has 0 aliphatic heterocycles. The largest absolute Gasteiger partial charge is 0.341 e. The summed E-state index contributed by atoms with van der Waals surface area (Å²) in [4.78, 5) is 11.1. The molecule has 0 saturated carbocycles.